The highest BCUT2D eigenvalue weighted by atomic mass is 32.2. The molecule has 1 N–H and O–H groups in total. The fourth-order valence-corrected chi connectivity index (χ4v) is 5.41. The van der Waals surface area contributed by atoms with Gasteiger partial charge in [-0.2, -0.15) is 0 Å². The Labute approximate surface area is 215 Å². The molecule has 0 aliphatic heterocycles. The summed E-state index contributed by atoms with van der Waals surface area (Å²) < 4.78 is 11.0. The van der Waals surface area contributed by atoms with E-state index in [-0.39, 0.29) is 5.97 Å². The average Bonchev–Trinajstić information content (AvgIpc) is 3.64. The predicted molar refractivity (Wildman–Crippen MR) is 142 cm³/mol. The summed E-state index contributed by atoms with van der Waals surface area (Å²) in [7, 11) is 0. The van der Waals surface area contributed by atoms with Gasteiger partial charge in [-0.15, -0.1) is 0 Å². The van der Waals surface area contributed by atoms with Crippen LogP contribution in [0.4, 0.5) is 0 Å². The van der Waals surface area contributed by atoms with Gasteiger partial charge in [0.05, 0.1) is 17.7 Å². The standard InChI is InChI=1S/C30H29NO4S/c1-3-34-29(33)30(17-18-30)24-15-13-22(14-16-24)21-9-11-23(12-10-21)28-26(20(2)31-35-28)19-27(32)36-25-7-5-4-6-8-25/h4-16,27,32H,3,17-19H2,1-2H3. The van der Waals surface area contributed by atoms with Crippen LogP contribution in [0.5, 0.6) is 0 Å². The quantitative estimate of drug-likeness (QED) is 0.160. The van der Waals surface area contributed by atoms with Gasteiger partial charge in [-0.3, -0.25) is 4.79 Å². The molecule has 36 heavy (non-hydrogen) atoms. The van der Waals surface area contributed by atoms with Crippen molar-refractivity contribution in [3.8, 4) is 22.5 Å². The number of esters is 1. The second kappa shape index (κ2) is 10.3. The summed E-state index contributed by atoms with van der Waals surface area (Å²) >= 11 is 1.42. The second-order valence-corrected chi connectivity index (χ2v) is 10.4. The lowest BCUT2D eigenvalue weighted by atomic mass is 9.93. The van der Waals surface area contributed by atoms with Crippen LogP contribution in [-0.4, -0.2) is 28.3 Å². The summed E-state index contributed by atoms with van der Waals surface area (Å²) in [6.45, 7) is 4.15. The number of ether oxygens (including phenoxy) is 1. The molecule has 0 amide bonds. The van der Waals surface area contributed by atoms with Crippen LogP contribution in [-0.2, 0) is 21.4 Å². The number of carbonyl (C=O) groups excluding carboxylic acids is 1. The number of aliphatic hydroxyl groups excluding tert-OH is 1. The lowest BCUT2D eigenvalue weighted by molar-refractivity contribution is -0.146. The minimum Gasteiger partial charge on any atom is -0.465 e. The fraction of sp³-hybridized carbons (Fsp3) is 0.267. The number of aryl methyl sites for hydroxylation is 1. The van der Waals surface area contributed by atoms with Crippen molar-refractivity contribution in [3.05, 3.63) is 95.7 Å². The number of nitrogens with zero attached hydrogens (tertiary/aromatic N) is 1. The molecular weight excluding hydrogens is 470 g/mol. The first-order chi connectivity index (χ1) is 17.5. The summed E-state index contributed by atoms with van der Waals surface area (Å²) in [6, 6.07) is 26.2. The van der Waals surface area contributed by atoms with Crippen LogP contribution in [0.3, 0.4) is 0 Å². The van der Waals surface area contributed by atoms with E-state index in [0.29, 0.717) is 18.8 Å². The van der Waals surface area contributed by atoms with E-state index in [2.05, 4.69) is 29.4 Å². The van der Waals surface area contributed by atoms with Gasteiger partial charge >= 0.3 is 5.97 Å². The Balaban J connectivity index is 1.31. The summed E-state index contributed by atoms with van der Waals surface area (Å²) in [5, 5.41) is 14.8. The number of hydrogen-bond donors (Lipinski definition) is 1. The Hall–Kier alpha value is -3.35. The van der Waals surface area contributed by atoms with E-state index in [1.165, 1.54) is 11.8 Å². The Morgan fingerprint density at radius 1 is 1.00 bits per heavy atom. The molecule has 1 unspecified atom stereocenters. The van der Waals surface area contributed by atoms with Crippen LogP contribution >= 0.6 is 11.8 Å². The van der Waals surface area contributed by atoms with Crippen molar-refractivity contribution in [2.45, 2.75) is 48.9 Å². The molecule has 1 saturated carbocycles. The van der Waals surface area contributed by atoms with Crippen molar-refractivity contribution in [2.24, 2.45) is 0 Å². The van der Waals surface area contributed by atoms with Crippen LogP contribution in [0, 0.1) is 6.92 Å². The molecule has 0 spiro atoms. The molecule has 1 fully saturated rings. The van der Waals surface area contributed by atoms with Gasteiger partial charge in [0.15, 0.2) is 5.76 Å². The van der Waals surface area contributed by atoms with Gasteiger partial charge in [-0.05, 0) is 55.5 Å². The third-order valence-corrected chi connectivity index (χ3v) is 7.70. The van der Waals surface area contributed by atoms with Crippen LogP contribution in [0.1, 0.15) is 36.6 Å². The Morgan fingerprint density at radius 3 is 2.22 bits per heavy atom. The Morgan fingerprint density at radius 2 is 1.61 bits per heavy atom. The van der Waals surface area contributed by atoms with Crippen LogP contribution in [0.15, 0.2) is 88.3 Å². The molecule has 6 heteroatoms. The van der Waals surface area contributed by atoms with Gasteiger partial charge in [0.2, 0.25) is 0 Å². The fourth-order valence-electron chi connectivity index (χ4n) is 4.53. The van der Waals surface area contributed by atoms with Gasteiger partial charge < -0.3 is 14.4 Å². The van der Waals surface area contributed by atoms with Gasteiger partial charge in [0.1, 0.15) is 5.44 Å². The van der Waals surface area contributed by atoms with Crippen molar-refractivity contribution in [3.63, 3.8) is 0 Å². The van der Waals surface area contributed by atoms with Gasteiger partial charge in [-0.25, -0.2) is 0 Å². The minimum absolute atomic E-state index is 0.118. The highest BCUT2D eigenvalue weighted by Crippen LogP contribution is 2.49. The Bertz CT molecular complexity index is 1330. The Kier molecular flexibility index (Phi) is 6.99. The molecule has 1 heterocycles. The lowest BCUT2D eigenvalue weighted by Gasteiger charge is -2.14. The van der Waals surface area contributed by atoms with Crippen LogP contribution in [0.25, 0.3) is 22.5 Å². The molecule has 1 aromatic heterocycles. The maximum Gasteiger partial charge on any atom is 0.316 e. The monoisotopic (exact) mass is 499 g/mol. The molecule has 1 atom stereocenters. The van der Waals surface area contributed by atoms with Crippen molar-refractivity contribution >= 4 is 17.7 Å². The van der Waals surface area contributed by atoms with Crippen LogP contribution in [0.2, 0.25) is 0 Å². The molecule has 4 aromatic rings. The summed E-state index contributed by atoms with van der Waals surface area (Å²) in [6.07, 6.45) is 2.13. The molecule has 5 rings (SSSR count). The SMILES string of the molecule is CCOC(=O)C1(c2ccc(-c3ccc(-c4onc(C)c4CC(O)Sc4ccccc4)cc3)cc2)CC1. The second-order valence-electron chi connectivity index (χ2n) is 9.12. The van der Waals surface area contributed by atoms with E-state index >= 15 is 0 Å². The van der Waals surface area contributed by atoms with Crippen molar-refractivity contribution in [2.75, 3.05) is 6.61 Å². The first-order valence-corrected chi connectivity index (χ1v) is 13.1. The van der Waals surface area contributed by atoms with Crippen molar-refractivity contribution in [1.29, 1.82) is 0 Å². The lowest BCUT2D eigenvalue weighted by Crippen LogP contribution is -2.23. The number of thioether (sulfide) groups is 1. The molecule has 1 aliphatic rings. The maximum absolute atomic E-state index is 12.4. The minimum atomic E-state index is -0.605. The largest absolute Gasteiger partial charge is 0.465 e. The molecule has 0 bridgehead atoms. The first-order valence-electron chi connectivity index (χ1n) is 12.2. The number of rotatable bonds is 9. The third kappa shape index (κ3) is 4.97. The van der Waals surface area contributed by atoms with E-state index in [1.54, 1.807) is 0 Å². The topological polar surface area (TPSA) is 72.6 Å². The van der Waals surface area contributed by atoms with Crippen molar-refractivity contribution in [1.82, 2.24) is 5.16 Å². The number of hydrogen-bond acceptors (Lipinski definition) is 6. The highest BCUT2D eigenvalue weighted by molar-refractivity contribution is 7.99. The normalized spacial score (nSPS) is 14.9. The maximum atomic E-state index is 12.4. The number of aliphatic hydroxyl groups is 1. The van der Waals surface area contributed by atoms with E-state index in [4.69, 9.17) is 9.26 Å². The zero-order valence-electron chi connectivity index (χ0n) is 20.4. The van der Waals surface area contributed by atoms with E-state index in [0.717, 1.165) is 51.2 Å². The third-order valence-electron chi connectivity index (χ3n) is 6.71. The number of carbonyl (C=O) groups is 1. The summed E-state index contributed by atoms with van der Waals surface area (Å²) in [5.74, 6) is 0.569. The van der Waals surface area contributed by atoms with E-state index < -0.39 is 10.9 Å². The van der Waals surface area contributed by atoms with Gasteiger partial charge in [0.25, 0.3) is 0 Å². The smallest absolute Gasteiger partial charge is 0.316 e. The van der Waals surface area contributed by atoms with Crippen molar-refractivity contribution < 1.29 is 19.2 Å². The molecule has 3 aromatic carbocycles. The predicted octanol–water partition coefficient (Wildman–Crippen LogP) is 6.56. The number of aromatic nitrogens is 1. The average molecular weight is 500 g/mol. The molecule has 0 saturated heterocycles. The first kappa shape index (κ1) is 24.3. The molecule has 184 valence electrons. The molecule has 1 aliphatic carbocycles. The molecular formula is C30H29NO4S. The zero-order chi connectivity index (χ0) is 25.1. The molecule has 5 nitrogen and oxygen atoms in total. The van der Waals surface area contributed by atoms with Gasteiger partial charge in [-0.1, -0.05) is 83.6 Å². The zero-order valence-corrected chi connectivity index (χ0v) is 21.3. The number of benzene rings is 3. The summed E-state index contributed by atoms with van der Waals surface area (Å²) in [4.78, 5) is 13.4. The van der Waals surface area contributed by atoms with Crippen LogP contribution < -0.4 is 0 Å². The highest BCUT2D eigenvalue weighted by Gasteiger charge is 2.52. The van der Waals surface area contributed by atoms with Gasteiger partial charge in [0, 0.05) is 22.4 Å². The van der Waals surface area contributed by atoms with E-state index in [1.807, 2.05) is 68.4 Å². The van der Waals surface area contributed by atoms with E-state index in [9.17, 15) is 9.90 Å². The molecule has 0 radical (unpaired) electrons. The summed E-state index contributed by atoms with van der Waals surface area (Å²) in [5.41, 5.74) is 4.73.